The van der Waals surface area contributed by atoms with Crippen molar-refractivity contribution in [2.24, 2.45) is 0 Å². The molecule has 0 N–H and O–H groups in total. The molecular weight excluding hydrogens is 683 g/mol. The Balaban J connectivity index is 1.10. The second-order valence-electron chi connectivity index (χ2n) is 12.6. The van der Waals surface area contributed by atoms with Gasteiger partial charge in [0.05, 0.1) is 22.1 Å². The van der Waals surface area contributed by atoms with Crippen LogP contribution in [0.2, 0.25) is 0 Å². The third kappa shape index (κ3) is 5.27. The maximum atomic E-state index is 16.1. The molecule has 0 aliphatic carbocycles. The molecule has 0 saturated heterocycles. The first kappa shape index (κ1) is 31.3. The Morgan fingerprint density at radius 3 is 1.33 bits per heavy atom. The van der Waals surface area contributed by atoms with Crippen LogP contribution < -0.4 is 9.47 Å². The van der Waals surface area contributed by atoms with Crippen LogP contribution in [0.5, 0.6) is 23.0 Å². The molecule has 0 aliphatic heterocycles. The number of aromatic nitrogens is 6. The van der Waals surface area contributed by atoms with E-state index in [0.29, 0.717) is 56.3 Å². The summed E-state index contributed by atoms with van der Waals surface area (Å²) in [5.74, 6) is 1.99. The molecule has 54 heavy (non-hydrogen) atoms. The van der Waals surface area contributed by atoms with Crippen LogP contribution >= 0.6 is 0 Å². The highest BCUT2D eigenvalue weighted by Gasteiger charge is 2.20. The maximum absolute atomic E-state index is 16.1. The predicted molar refractivity (Wildman–Crippen MR) is 205 cm³/mol. The number of pyridine rings is 2. The van der Waals surface area contributed by atoms with E-state index in [1.165, 1.54) is 12.1 Å². The Kier molecular flexibility index (Phi) is 7.32. The zero-order valence-electron chi connectivity index (χ0n) is 28.3. The van der Waals surface area contributed by atoms with Gasteiger partial charge in [0, 0.05) is 82.2 Å². The normalized spacial score (nSPS) is 11.5. The molecule has 0 fully saturated rings. The standard InChI is InChI=1S/C44H26F2N6O2/c45-34-23-30(25-38-42(34)32-10-1-3-12-36(32)51(38)40-14-5-7-16-47-40)53-28-20-27(44-49-18-9-19-50-44)21-29(22-28)54-31-24-35(46)43-33-11-2-4-13-37(33)52(39(43)26-31)41-15-6-8-17-48-41/h1-26H. The second-order valence-corrected chi connectivity index (χ2v) is 12.6. The minimum absolute atomic E-state index is 0.254. The minimum atomic E-state index is -0.445. The highest BCUT2D eigenvalue weighted by atomic mass is 19.1. The van der Waals surface area contributed by atoms with Crippen molar-refractivity contribution < 1.29 is 18.3 Å². The van der Waals surface area contributed by atoms with Crippen LogP contribution in [0.25, 0.3) is 66.6 Å². The zero-order chi connectivity index (χ0) is 36.2. The van der Waals surface area contributed by atoms with E-state index in [9.17, 15) is 0 Å². The van der Waals surface area contributed by atoms with Gasteiger partial charge in [0.15, 0.2) is 5.82 Å². The number of hydrogen-bond acceptors (Lipinski definition) is 6. The van der Waals surface area contributed by atoms with Gasteiger partial charge in [-0.2, -0.15) is 0 Å². The fourth-order valence-electron chi connectivity index (χ4n) is 7.16. The lowest BCUT2D eigenvalue weighted by molar-refractivity contribution is 0.457. The molecule has 8 nitrogen and oxygen atoms in total. The molecule has 0 amide bonds. The molecule has 0 atom stereocenters. The summed E-state index contributed by atoms with van der Waals surface area (Å²) in [7, 11) is 0. The van der Waals surface area contributed by atoms with E-state index in [1.807, 2.05) is 94.1 Å². The maximum Gasteiger partial charge on any atom is 0.159 e. The summed E-state index contributed by atoms with van der Waals surface area (Å²) in [5.41, 5.74) is 3.39. The molecule has 0 unspecified atom stereocenters. The Labute approximate surface area is 306 Å². The Morgan fingerprint density at radius 2 is 0.852 bits per heavy atom. The van der Waals surface area contributed by atoms with Crippen molar-refractivity contribution in [3.05, 3.63) is 170 Å². The molecule has 10 rings (SSSR count). The van der Waals surface area contributed by atoms with Gasteiger partial charge in [0.1, 0.15) is 46.3 Å². The third-order valence-corrected chi connectivity index (χ3v) is 9.33. The van der Waals surface area contributed by atoms with Crippen molar-refractivity contribution in [3.63, 3.8) is 0 Å². The molecule has 0 aliphatic rings. The summed E-state index contributed by atoms with van der Waals surface area (Å²) >= 11 is 0. The van der Waals surface area contributed by atoms with Gasteiger partial charge in [0.25, 0.3) is 0 Å². The highest BCUT2D eigenvalue weighted by molar-refractivity contribution is 6.10. The number of hydrogen-bond donors (Lipinski definition) is 0. The summed E-state index contributed by atoms with van der Waals surface area (Å²) in [6.45, 7) is 0. The van der Waals surface area contributed by atoms with Crippen molar-refractivity contribution in [1.29, 1.82) is 0 Å². The quantitative estimate of drug-likeness (QED) is 0.164. The van der Waals surface area contributed by atoms with E-state index >= 15 is 8.78 Å². The van der Waals surface area contributed by atoms with Gasteiger partial charge in [0.2, 0.25) is 0 Å². The fourth-order valence-corrected chi connectivity index (χ4v) is 7.16. The van der Waals surface area contributed by atoms with Crippen molar-refractivity contribution >= 4 is 43.6 Å². The molecule has 0 bridgehead atoms. The van der Waals surface area contributed by atoms with E-state index in [-0.39, 0.29) is 11.5 Å². The van der Waals surface area contributed by atoms with Crippen molar-refractivity contribution in [1.82, 2.24) is 29.1 Å². The highest BCUT2D eigenvalue weighted by Crippen LogP contribution is 2.40. The zero-order valence-corrected chi connectivity index (χ0v) is 28.3. The number of fused-ring (bicyclic) bond motifs is 6. The van der Waals surface area contributed by atoms with E-state index in [0.717, 1.165) is 21.8 Å². The van der Waals surface area contributed by atoms with Crippen molar-refractivity contribution in [2.75, 3.05) is 0 Å². The Hall–Kier alpha value is -7.46. The average molecular weight is 709 g/mol. The molecule has 10 heteroatoms. The lowest BCUT2D eigenvalue weighted by Crippen LogP contribution is -1.97. The Bertz CT molecular complexity index is 2840. The molecule has 258 valence electrons. The molecule has 5 aromatic carbocycles. The summed E-state index contributed by atoms with van der Waals surface area (Å²) in [6.07, 6.45) is 6.67. The van der Waals surface area contributed by atoms with Crippen LogP contribution in [0.3, 0.4) is 0 Å². The first-order valence-corrected chi connectivity index (χ1v) is 17.2. The fraction of sp³-hybridized carbons (Fsp3) is 0. The SMILES string of the molecule is Fc1cc(Oc2cc(Oc3cc(F)c4c5ccccc5n(-c5ccccn5)c4c3)cc(-c3ncccn3)c2)cc2c1c1ccccc1n2-c1ccccn1. The minimum Gasteiger partial charge on any atom is -0.457 e. The van der Waals surface area contributed by atoms with Crippen LogP contribution in [0.15, 0.2) is 158 Å². The topological polar surface area (TPSA) is 79.9 Å². The molecule has 0 spiro atoms. The van der Waals surface area contributed by atoms with Crippen LogP contribution in [0.4, 0.5) is 8.78 Å². The number of benzene rings is 5. The van der Waals surface area contributed by atoms with Crippen LogP contribution in [0, 0.1) is 11.6 Å². The number of halogens is 2. The summed E-state index contributed by atoms with van der Waals surface area (Å²) in [6, 6.07) is 39.7. The summed E-state index contributed by atoms with van der Waals surface area (Å²) < 4.78 is 48.9. The van der Waals surface area contributed by atoms with Gasteiger partial charge in [-0.15, -0.1) is 0 Å². The van der Waals surface area contributed by atoms with Gasteiger partial charge < -0.3 is 9.47 Å². The van der Waals surface area contributed by atoms with E-state index in [2.05, 4.69) is 19.9 Å². The van der Waals surface area contributed by atoms with Gasteiger partial charge in [-0.25, -0.2) is 28.7 Å². The van der Waals surface area contributed by atoms with Crippen LogP contribution in [-0.4, -0.2) is 29.1 Å². The summed E-state index contributed by atoms with van der Waals surface area (Å²) in [5, 5.41) is 2.43. The van der Waals surface area contributed by atoms with E-state index in [4.69, 9.17) is 9.47 Å². The largest absolute Gasteiger partial charge is 0.457 e. The first-order valence-electron chi connectivity index (χ1n) is 17.2. The molecule has 5 heterocycles. The van der Waals surface area contributed by atoms with Crippen molar-refractivity contribution in [2.45, 2.75) is 0 Å². The van der Waals surface area contributed by atoms with E-state index < -0.39 is 11.6 Å². The molecule has 5 aromatic heterocycles. The third-order valence-electron chi connectivity index (χ3n) is 9.33. The van der Waals surface area contributed by atoms with Gasteiger partial charge in [-0.05, 0) is 54.6 Å². The first-order chi connectivity index (χ1) is 26.6. The molecule has 0 saturated carbocycles. The van der Waals surface area contributed by atoms with E-state index in [1.54, 1.807) is 61.2 Å². The molecular formula is C44H26F2N6O2. The van der Waals surface area contributed by atoms with Crippen molar-refractivity contribution in [3.8, 4) is 46.0 Å². The van der Waals surface area contributed by atoms with Gasteiger partial charge >= 0.3 is 0 Å². The lowest BCUT2D eigenvalue weighted by atomic mass is 10.1. The number of para-hydroxylation sites is 2. The van der Waals surface area contributed by atoms with Gasteiger partial charge in [-0.3, -0.25) is 9.13 Å². The molecule has 0 radical (unpaired) electrons. The summed E-state index contributed by atoms with van der Waals surface area (Å²) in [4.78, 5) is 18.0. The predicted octanol–water partition coefficient (Wildman–Crippen LogP) is 11.0. The molecule has 10 aromatic rings. The monoisotopic (exact) mass is 708 g/mol. The van der Waals surface area contributed by atoms with Gasteiger partial charge in [-0.1, -0.05) is 48.5 Å². The Morgan fingerprint density at radius 1 is 0.407 bits per heavy atom. The van der Waals surface area contributed by atoms with Crippen LogP contribution in [-0.2, 0) is 0 Å². The second kappa shape index (κ2) is 12.6. The number of nitrogens with zero attached hydrogens (tertiary/aromatic N) is 6. The average Bonchev–Trinajstić information content (AvgIpc) is 3.72. The van der Waals surface area contributed by atoms with Crippen LogP contribution in [0.1, 0.15) is 0 Å². The number of rotatable bonds is 7. The number of ether oxygens (including phenoxy) is 2. The lowest BCUT2D eigenvalue weighted by Gasteiger charge is -2.13. The smallest absolute Gasteiger partial charge is 0.159 e.